The molecule has 0 aromatic carbocycles. The first-order chi connectivity index (χ1) is 7.56. The predicted molar refractivity (Wildman–Crippen MR) is 61.6 cm³/mol. The maximum absolute atomic E-state index is 12.0. The average Bonchev–Trinajstić information content (AvgIpc) is 2.51. The van der Waals surface area contributed by atoms with Crippen LogP contribution in [0.25, 0.3) is 0 Å². The SMILES string of the molecule is CCC(C)[C@H](N)C(=O)N1CCNC(=O)CC1. The molecule has 1 unspecified atom stereocenters. The second-order valence-corrected chi connectivity index (χ2v) is 4.34. The summed E-state index contributed by atoms with van der Waals surface area (Å²) in [6.45, 7) is 5.57. The smallest absolute Gasteiger partial charge is 0.239 e. The zero-order valence-electron chi connectivity index (χ0n) is 10.0. The standard InChI is InChI=1S/C11H21N3O2/c1-3-8(2)10(12)11(16)14-6-4-9(15)13-5-7-14/h8,10H,3-7,12H2,1-2H3,(H,13,15)/t8?,10-/m0/s1. The summed E-state index contributed by atoms with van der Waals surface area (Å²) in [4.78, 5) is 24.8. The molecule has 0 aromatic rings. The maximum Gasteiger partial charge on any atom is 0.239 e. The fraction of sp³-hybridized carbons (Fsp3) is 0.818. The average molecular weight is 227 g/mol. The highest BCUT2D eigenvalue weighted by Crippen LogP contribution is 2.09. The largest absolute Gasteiger partial charge is 0.354 e. The fourth-order valence-corrected chi connectivity index (χ4v) is 1.70. The Hall–Kier alpha value is -1.10. The van der Waals surface area contributed by atoms with Gasteiger partial charge in [-0.3, -0.25) is 9.59 Å². The third-order valence-electron chi connectivity index (χ3n) is 3.17. The minimum absolute atomic E-state index is 0.00686. The molecule has 0 saturated carbocycles. The van der Waals surface area contributed by atoms with Crippen molar-refractivity contribution in [2.45, 2.75) is 32.7 Å². The number of nitrogens with two attached hydrogens (primary N) is 1. The normalized spacial score (nSPS) is 20.9. The molecule has 0 aromatic heterocycles. The minimum atomic E-state index is -0.446. The molecule has 16 heavy (non-hydrogen) atoms. The van der Waals surface area contributed by atoms with Crippen LogP contribution < -0.4 is 11.1 Å². The number of rotatable bonds is 3. The third kappa shape index (κ3) is 3.20. The van der Waals surface area contributed by atoms with E-state index in [0.29, 0.717) is 26.1 Å². The first-order valence-electron chi connectivity index (χ1n) is 5.87. The van der Waals surface area contributed by atoms with Crippen molar-refractivity contribution in [2.24, 2.45) is 11.7 Å². The summed E-state index contributed by atoms with van der Waals surface area (Å²) in [6, 6.07) is -0.446. The minimum Gasteiger partial charge on any atom is -0.354 e. The molecular weight excluding hydrogens is 206 g/mol. The van der Waals surface area contributed by atoms with E-state index in [9.17, 15) is 9.59 Å². The van der Waals surface area contributed by atoms with Crippen LogP contribution in [0.5, 0.6) is 0 Å². The highest BCUT2D eigenvalue weighted by molar-refractivity contribution is 5.83. The van der Waals surface area contributed by atoms with Crippen LogP contribution in [0.4, 0.5) is 0 Å². The van der Waals surface area contributed by atoms with Crippen molar-refractivity contribution in [1.82, 2.24) is 10.2 Å². The van der Waals surface area contributed by atoms with Crippen LogP contribution >= 0.6 is 0 Å². The molecule has 2 amide bonds. The van der Waals surface area contributed by atoms with E-state index in [-0.39, 0.29) is 17.7 Å². The third-order valence-corrected chi connectivity index (χ3v) is 3.17. The molecule has 1 saturated heterocycles. The van der Waals surface area contributed by atoms with Gasteiger partial charge < -0.3 is 16.0 Å². The van der Waals surface area contributed by atoms with Crippen molar-refractivity contribution >= 4 is 11.8 Å². The van der Waals surface area contributed by atoms with Gasteiger partial charge >= 0.3 is 0 Å². The molecule has 0 radical (unpaired) electrons. The molecule has 92 valence electrons. The molecule has 2 atom stereocenters. The van der Waals surface area contributed by atoms with E-state index in [1.165, 1.54) is 0 Å². The quantitative estimate of drug-likeness (QED) is 0.695. The molecule has 0 bridgehead atoms. The van der Waals surface area contributed by atoms with Crippen LogP contribution in [0.1, 0.15) is 26.7 Å². The second kappa shape index (κ2) is 5.84. The monoisotopic (exact) mass is 227 g/mol. The molecule has 1 heterocycles. The summed E-state index contributed by atoms with van der Waals surface area (Å²) < 4.78 is 0. The van der Waals surface area contributed by atoms with Crippen LogP contribution in [0.2, 0.25) is 0 Å². The zero-order chi connectivity index (χ0) is 12.1. The van der Waals surface area contributed by atoms with Gasteiger partial charge in [-0.1, -0.05) is 20.3 Å². The molecule has 5 heteroatoms. The summed E-state index contributed by atoms with van der Waals surface area (Å²) in [5, 5.41) is 2.74. The number of hydrogen-bond acceptors (Lipinski definition) is 3. The molecule has 1 rings (SSSR count). The van der Waals surface area contributed by atoms with Crippen molar-refractivity contribution < 1.29 is 9.59 Å². The summed E-state index contributed by atoms with van der Waals surface area (Å²) >= 11 is 0. The van der Waals surface area contributed by atoms with Gasteiger partial charge in [-0.2, -0.15) is 0 Å². The topological polar surface area (TPSA) is 75.4 Å². The maximum atomic E-state index is 12.0. The Labute approximate surface area is 96.4 Å². The molecule has 0 spiro atoms. The molecule has 1 aliphatic rings. The van der Waals surface area contributed by atoms with E-state index in [1.807, 2.05) is 13.8 Å². The number of nitrogens with one attached hydrogen (secondary N) is 1. The Kier molecular flexibility index (Phi) is 4.73. The molecule has 1 fully saturated rings. The van der Waals surface area contributed by atoms with Crippen LogP contribution in [-0.2, 0) is 9.59 Å². The molecular formula is C11H21N3O2. The lowest BCUT2D eigenvalue weighted by Gasteiger charge is -2.26. The van der Waals surface area contributed by atoms with Crippen molar-refractivity contribution in [3.63, 3.8) is 0 Å². The van der Waals surface area contributed by atoms with Gasteiger partial charge in [0.2, 0.25) is 11.8 Å². The van der Waals surface area contributed by atoms with Crippen LogP contribution in [0.15, 0.2) is 0 Å². The van der Waals surface area contributed by atoms with Crippen molar-refractivity contribution in [3.05, 3.63) is 0 Å². The molecule has 0 aliphatic carbocycles. The van der Waals surface area contributed by atoms with Crippen LogP contribution in [0, 0.1) is 5.92 Å². The number of hydrogen-bond donors (Lipinski definition) is 2. The van der Waals surface area contributed by atoms with E-state index in [2.05, 4.69) is 5.32 Å². The van der Waals surface area contributed by atoms with Crippen LogP contribution in [0.3, 0.4) is 0 Å². The van der Waals surface area contributed by atoms with Gasteiger partial charge in [-0.15, -0.1) is 0 Å². The van der Waals surface area contributed by atoms with E-state index in [1.54, 1.807) is 4.90 Å². The zero-order valence-corrected chi connectivity index (χ0v) is 10.0. The predicted octanol–water partition coefficient (Wildman–Crippen LogP) is -0.292. The Morgan fingerprint density at radius 1 is 1.56 bits per heavy atom. The van der Waals surface area contributed by atoms with Gasteiger partial charge in [0.1, 0.15) is 0 Å². The van der Waals surface area contributed by atoms with Gasteiger partial charge in [0, 0.05) is 26.1 Å². The molecule has 3 N–H and O–H groups in total. The molecule has 1 aliphatic heterocycles. The summed E-state index contributed by atoms with van der Waals surface area (Å²) in [5.74, 6) is 0.151. The second-order valence-electron chi connectivity index (χ2n) is 4.34. The fourth-order valence-electron chi connectivity index (χ4n) is 1.70. The van der Waals surface area contributed by atoms with Crippen molar-refractivity contribution in [1.29, 1.82) is 0 Å². The van der Waals surface area contributed by atoms with E-state index in [0.717, 1.165) is 6.42 Å². The lowest BCUT2D eigenvalue weighted by Crippen LogP contribution is -2.48. The first-order valence-corrected chi connectivity index (χ1v) is 5.87. The highest BCUT2D eigenvalue weighted by Gasteiger charge is 2.26. The van der Waals surface area contributed by atoms with Gasteiger partial charge in [0.15, 0.2) is 0 Å². The number of carbonyl (C=O) groups is 2. The number of nitrogens with zero attached hydrogens (tertiary/aromatic N) is 1. The van der Waals surface area contributed by atoms with Gasteiger partial charge in [0.25, 0.3) is 0 Å². The van der Waals surface area contributed by atoms with Gasteiger partial charge in [-0.25, -0.2) is 0 Å². The Bertz CT molecular complexity index is 268. The van der Waals surface area contributed by atoms with Crippen LogP contribution in [-0.4, -0.2) is 42.4 Å². The number of amides is 2. The lowest BCUT2D eigenvalue weighted by atomic mass is 9.99. The Morgan fingerprint density at radius 2 is 2.25 bits per heavy atom. The van der Waals surface area contributed by atoms with Gasteiger partial charge in [0.05, 0.1) is 6.04 Å². The summed E-state index contributed by atoms with van der Waals surface area (Å²) in [5.41, 5.74) is 5.89. The summed E-state index contributed by atoms with van der Waals surface area (Å²) in [7, 11) is 0. The molecule has 5 nitrogen and oxygen atoms in total. The van der Waals surface area contributed by atoms with E-state index < -0.39 is 6.04 Å². The van der Waals surface area contributed by atoms with Gasteiger partial charge in [-0.05, 0) is 5.92 Å². The first kappa shape index (κ1) is 13.0. The van der Waals surface area contributed by atoms with E-state index in [4.69, 9.17) is 5.73 Å². The van der Waals surface area contributed by atoms with E-state index >= 15 is 0 Å². The lowest BCUT2D eigenvalue weighted by molar-refractivity contribution is -0.133. The Balaban J connectivity index is 2.55. The van der Waals surface area contributed by atoms with Crippen molar-refractivity contribution in [2.75, 3.05) is 19.6 Å². The van der Waals surface area contributed by atoms with Crippen molar-refractivity contribution in [3.8, 4) is 0 Å². The Morgan fingerprint density at radius 3 is 2.88 bits per heavy atom. The highest BCUT2D eigenvalue weighted by atomic mass is 16.2. The number of carbonyl (C=O) groups excluding carboxylic acids is 2. The summed E-state index contributed by atoms with van der Waals surface area (Å²) in [6.07, 6.45) is 1.26.